The lowest BCUT2D eigenvalue weighted by Crippen LogP contribution is -2.29. The highest BCUT2D eigenvalue weighted by Crippen LogP contribution is 1.87. The maximum absolute atomic E-state index is 5.34. The van der Waals surface area contributed by atoms with Crippen LogP contribution in [0.3, 0.4) is 0 Å². The molecule has 0 saturated heterocycles. The van der Waals surface area contributed by atoms with Gasteiger partial charge in [0.05, 0.1) is 0 Å². The maximum atomic E-state index is 5.34. The van der Waals surface area contributed by atoms with Crippen LogP contribution in [0.25, 0.3) is 0 Å². The van der Waals surface area contributed by atoms with Crippen LogP contribution >= 0.6 is 0 Å². The first-order chi connectivity index (χ1) is 3.79. The molecule has 0 aliphatic heterocycles. The fraction of sp³-hybridized carbons (Fsp3) is 0.167. The van der Waals surface area contributed by atoms with Gasteiger partial charge in [-0.25, -0.2) is 0 Å². The molecule has 38 valence electrons. The van der Waals surface area contributed by atoms with Gasteiger partial charge in [0.1, 0.15) is 12.4 Å². The summed E-state index contributed by atoms with van der Waals surface area (Å²) in [4.78, 5) is 0. The van der Waals surface area contributed by atoms with Gasteiger partial charge in [0.2, 0.25) is 0 Å². The number of aromatic nitrogens is 1. The predicted molar refractivity (Wildman–Crippen MR) is 32.5 cm³/mol. The molecule has 0 N–H and O–H groups in total. The monoisotopic (exact) mass is 104 g/mol. The minimum absolute atomic E-state index is 1.23. The van der Waals surface area contributed by atoms with E-state index in [1.54, 1.807) is 0 Å². The number of hydrogen-bond acceptors (Lipinski definition) is 0. The lowest BCUT2D eigenvalue weighted by Gasteiger charge is -1.85. The van der Waals surface area contributed by atoms with Crippen LogP contribution in [0.2, 0.25) is 0 Å². The third-order valence-electron chi connectivity index (χ3n) is 1.02. The standard InChI is InChI=1S/C6H7BN/c1-6-2-4-8(7)5-3-6/h2-5H,1H3/q+1. The van der Waals surface area contributed by atoms with Crippen molar-refractivity contribution in [2.45, 2.75) is 6.92 Å². The van der Waals surface area contributed by atoms with Crippen molar-refractivity contribution in [2.75, 3.05) is 0 Å². The minimum Gasteiger partial charge on any atom is -0.293 e. The molecule has 0 unspecified atom stereocenters. The highest BCUT2D eigenvalue weighted by molar-refractivity contribution is 5.94. The zero-order valence-corrected chi connectivity index (χ0v) is 4.83. The Kier molecular flexibility index (Phi) is 1.33. The van der Waals surface area contributed by atoms with Crippen LogP contribution in [0, 0.1) is 6.92 Å². The highest BCUT2D eigenvalue weighted by atomic mass is 14.8. The first kappa shape index (κ1) is 5.35. The molecule has 1 heterocycles. The second kappa shape index (κ2) is 1.99. The van der Waals surface area contributed by atoms with Crippen molar-refractivity contribution in [3.8, 4) is 0 Å². The summed E-state index contributed by atoms with van der Waals surface area (Å²) in [6.45, 7) is 2.03. The molecule has 2 heteroatoms. The Bertz CT molecular complexity index is 147. The molecular formula is C6H7BN+. The van der Waals surface area contributed by atoms with Gasteiger partial charge in [-0.05, 0) is 12.5 Å². The molecule has 0 atom stereocenters. The van der Waals surface area contributed by atoms with E-state index in [0.29, 0.717) is 0 Å². The second-order valence-electron chi connectivity index (χ2n) is 1.82. The smallest absolute Gasteiger partial charge is 0.293 e. The molecule has 0 aliphatic carbocycles. The van der Waals surface area contributed by atoms with Crippen molar-refractivity contribution in [3.05, 3.63) is 30.1 Å². The fourth-order valence-corrected chi connectivity index (χ4v) is 0.513. The van der Waals surface area contributed by atoms with Gasteiger partial charge in [-0.3, -0.25) is 4.48 Å². The van der Waals surface area contributed by atoms with Crippen molar-refractivity contribution < 1.29 is 4.48 Å². The second-order valence-corrected chi connectivity index (χ2v) is 1.82. The van der Waals surface area contributed by atoms with Gasteiger partial charge in [-0.1, -0.05) is 0 Å². The van der Waals surface area contributed by atoms with E-state index in [0.717, 1.165) is 0 Å². The van der Waals surface area contributed by atoms with E-state index in [2.05, 4.69) is 0 Å². The predicted octanol–water partition coefficient (Wildman–Crippen LogP) is 0.214. The Morgan fingerprint density at radius 1 is 1.38 bits per heavy atom. The molecule has 0 aliphatic rings. The zero-order chi connectivity index (χ0) is 5.98. The van der Waals surface area contributed by atoms with E-state index < -0.39 is 0 Å². The fourth-order valence-electron chi connectivity index (χ4n) is 0.513. The summed E-state index contributed by atoms with van der Waals surface area (Å²) in [6, 6.07) is 3.92. The molecule has 0 bridgehead atoms. The third kappa shape index (κ3) is 1.09. The van der Waals surface area contributed by atoms with Crippen LogP contribution in [0.4, 0.5) is 0 Å². The first-order valence-corrected chi connectivity index (χ1v) is 2.52. The van der Waals surface area contributed by atoms with Crippen molar-refractivity contribution in [1.29, 1.82) is 0 Å². The molecular weight excluding hydrogens is 96.9 g/mol. The largest absolute Gasteiger partial charge is 0.586 e. The normalized spacial score (nSPS) is 9.12. The summed E-state index contributed by atoms with van der Waals surface area (Å²) in [6.07, 6.45) is 3.63. The summed E-state index contributed by atoms with van der Waals surface area (Å²) in [5.74, 6) is 0. The third-order valence-corrected chi connectivity index (χ3v) is 1.02. The Morgan fingerprint density at radius 2 is 1.88 bits per heavy atom. The lowest BCUT2D eigenvalue weighted by atomic mass is 10.3. The molecule has 0 amide bonds. The van der Waals surface area contributed by atoms with Gasteiger partial charge >= 0.3 is 7.98 Å². The van der Waals surface area contributed by atoms with Crippen molar-refractivity contribution >= 4 is 7.98 Å². The van der Waals surface area contributed by atoms with Gasteiger partial charge < -0.3 is 0 Å². The number of aryl methyl sites for hydroxylation is 1. The van der Waals surface area contributed by atoms with E-state index in [1.165, 1.54) is 10.0 Å². The van der Waals surface area contributed by atoms with Crippen LogP contribution in [-0.4, -0.2) is 7.98 Å². The number of nitrogens with zero attached hydrogens (tertiary/aromatic N) is 1. The molecule has 0 fully saturated rings. The molecule has 0 spiro atoms. The topological polar surface area (TPSA) is 3.88 Å². The highest BCUT2D eigenvalue weighted by Gasteiger charge is 1.87. The van der Waals surface area contributed by atoms with Gasteiger partial charge in [0, 0.05) is 12.1 Å². The molecule has 2 radical (unpaired) electrons. The van der Waals surface area contributed by atoms with Crippen LogP contribution in [0.1, 0.15) is 5.56 Å². The quantitative estimate of drug-likeness (QED) is 0.414. The summed E-state index contributed by atoms with van der Waals surface area (Å²) in [5.41, 5.74) is 1.23. The van der Waals surface area contributed by atoms with Crippen LogP contribution in [-0.2, 0) is 0 Å². The number of pyridine rings is 1. The van der Waals surface area contributed by atoms with E-state index in [9.17, 15) is 0 Å². The minimum atomic E-state index is 1.23. The van der Waals surface area contributed by atoms with E-state index in [4.69, 9.17) is 7.98 Å². The summed E-state index contributed by atoms with van der Waals surface area (Å²) in [5, 5.41) is 0. The summed E-state index contributed by atoms with van der Waals surface area (Å²) in [7, 11) is 5.34. The van der Waals surface area contributed by atoms with E-state index in [-0.39, 0.29) is 0 Å². The molecule has 0 aromatic carbocycles. The van der Waals surface area contributed by atoms with Gasteiger partial charge in [0.15, 0.2) is 0 Å². The first-order valence-electron chi connectivity index (χ1n) is 2.52. The van der Waals surface area contributed by atoms with Crippen LogP contribution in [0.15, 0.2) is 24.5 Å². The molecule has 8 heavy (non-hydrogen) atoms. The van der Waals surface area contributed by atoms with Crippen molar-refractivity contribution in [1.82, 2.24) is 0 Å². The molecule has 1 nitrogen and oxygen atoms in total. The van der Waals surface area contributed by atoms with Gasteiger partial charge in [0.25, 0.3) is 0 Å². The lowest BCUT2D eigenvalue weighted by molar-refractivity contribution is -0.521. The molecule has 1 aromatic heterocycles. The van der Waals surface area contributed by atoms with Crippen LogP contribution < -0.4 is 4.48 Å². The average Bonchev–Trinajstić information content (AvgIpc) is 1.77. The van der Waals surface area contributed by atoms with Gasteiger partial charge in [-0.2, -0.15) is 0 Å². The summed E-state index contributed by atoms with van der Waals surface area (Å²) < 4.78 is 1.52. The molecule has 0 saturated carbocycles. The molecule has 1 rings (SSSR count). The summed E-state index contributed by atoms with van der Waals surface area (Å²) >= 11 is 0. The van der Waals surface area contributed by atoms with E-state index in [1.807, 2.05) is 31.5 Å². The van der Waals surface area contributed by atoms with Crippen molar-refractivity contribution in [3.63, 3.8) is 0 Å². The number of hydrogen-bond donors (Lipinski definition) is 0. The molecule has 1 aromatic rings. The average molecular weight is 104 g/mol. The zero-order valence-electron chi connectivity index (χ0n) is 4.83. The SMILES string of the molecule is [B][n+]1ccc(C)cc1. The number of rotatable bonds is 0. The Balaban J connectivity index is 3.03. The van der Waals surface area contributed by atoms with Crippen LogP contribution in [0.5, 0.6) is 0 Å². The Labute approximate surface area is 50.4 Å². The van der Waals surface area contributed by atoms with E-state index >= 15 is 0 Å². The van der Waals surface area contributed by atoms with Crippen molar-refractivity contribution in [2.24, 2.45) is 0 Å². The Morgan fingerprint density at radius 3 is 2.25 bits per heavy atom. The van der Waals surface area contributed by atoms with Gasteiger partial charge in [-0.15, -0.1) is 0 Å². The maximum Gasteiger partial charge on any atom is 0.586 e. The Hall–Kier alpha value is -0.785.